The van der Waals surface area contributed by atoms with E-state index in [0.29, 0.717) is 0 Å². The standard InChI is InChI=1S/C24H24N2O3/c1-27-19-10-4-16(5-11-19)22-23(17-6-12-20(28-2)13-7-17)26-24(25-22)18-8-14-21(29-3)15-9-18/h4-15,22-23H,1-3H3,(H,25,26). The van der Waals surface area contributed by atoms with E-state index in [1.54, 1.807) is 21.3 Å². The topological polar surface area (TPSA) is 52.1 Å². The Morgan fingerprint density at radius 3 is 1.55 bits per heavy atom. The third-order valence-electron chi connectivity index (χ3n) is 5.17. The van der Waals surface area contributed by atoms with Crippen molar-refractivity contribution in [1.82, 2.24) is 5.32 Å². The van der Waals surface area contributed by atoms with Crippen molar-refractivity contribution in [2.24, 2.45) is 4.99 Å². The second kappa shape index (κ2) is 8.27. The predicted molar refractivity (Wildman–Crippen MR) is 114 cm³/mol. The van der Waals surface area contributed by atoms with Gasteiger partial charge in [0.15, 0.2) is 0 Å². The number of rotatable bonds is 6. The monoisotopic (exact) mass is 388 g/mol. The van der Waals surface area contributed by atoms with Gasteiger partial charge in [0.1, 0.15) is 29.1 Å². The number of methoxy groups -OCH3 is 3. The molecule has 2 atom stereocenters. The molecule has 29 heavy (non-hydrogen) atoms. The summed E-state index contributed by atoms with van der Waals surface area (Å²) in [6, 6.07) is 24.1. The molecule has 5 nitrogen and oxygen atoms in total. The van der Waals surface area contributed by atoms with E-state index in [-0.39, 0.29) is 12.1 Å². The van der Waals surface area contributed by atoms with Crippen LogP contribution in [-0.2, 0) is 0 Å². The summed E-state index contributed by atoms with van der Waals surface area (Å²) in [5.74, 6) is 3.36. The maximum Gasteiger partial charge on any atom is 0.129 e. The molecule has 1 aliphatic heterocycles. The summed E-state index contributed by atoms with van der Waals surface area (Å²) in [7, 11) is 5.01. The van der Waals surface area contributed by atoms with Crippen molar-refractivity contribution in [1.29, 1.82) is 0 Å². The molecule has 0 amide bonds. The number of nitrogens with one attached hydrogen (secondary N) is 1. The van der Waals surface area contributed by atoms with Crippen LogP contribution in [0.2, 0.25) is 0 Å². The molecule has 0 radical (unpaired) electrons. The van der Waals surface area contributed by atoms with Crippen LogP contribution in [0.25, 0.3) is 0 Å². The molecule has 1 N–H and O–H groups in total. The molecule has 0 bridgehead atoms. The first-order valence-corrected chi connectivity index (χ1v) is 9.48. The van der Waals surface area contributed by atoms with Gasteiger partial charge < -0.3 is 19.5 Å². The maximum absolute atomic E-state index is 5.31. The van der Waals surface area contributed by atoms with Crippen molar-refractivity contribution in [2.45, 2.75) is 12.1 Å². The Morgan fingerprint density at radius 2 is 1.07 bits per heavy atom. The van der Waals surface area contributed by atoms with Crippen molar-refractivity contribution in [3.63, 3.8) is 0 Å². The minimum atomic E-state index is -0.0496. The van der Waals surface area contributed by atoms with E-state index < -0.39 is 0 Å². The van der Waals surface area contributed by atoms with E-state index in [4.69, 9.17) is 19.2 Å². The van der Waals surface area contributed by atoms with Gasteiger partial charge in [0.05, 0.1) is 27.4 Å². The molecule has 1 aliphatic rings. The van der Waals surface area contributed by atoms with Crippen LogP contribution in [0.4, 0.5) is 0 Å². The fraction of sp³-hybridized carbons (Fsp3) is 0.208. The number of hydrogen-bond donors (Lipinski definition) is 1. The predicted octanol–water partition coefficient (Wildman–Crippen LogP) is 4.54. The van der Waals surface area contributed by atoms with Gasteiger partial charge in [-0.1, -0.05) is 24.3 Å². The average molecular weight is 388 g/mol. The van der Waals surface area contributed by atoms with Crippen LogP contribution < -0.4 is 19.5 Å². The summed E-state index contributed by atoms with van der Waals surface area (Å²) in [5.41, 5.74) is 3.31. The molecule has 4 rings (SSSR count). The quantitative estimate of drug-likeness (QED) is 0.673. The van der Waals surface area contributed by atoms with E-state index in [2.05, 4.69) is 29.6 Å². The number of hydrogen-bond acceptors (Lipinski definition) is 5. The van der Waals surface area contributed by atoms with Gasteiger partial charge in [-0.3, -0.25) is 4.99 Å². The Labute approximate surface area is 171 Å². The Hall–Kier alpha value is -3.47. The van der Waals surface area contributed by atoms with Gasteiger partial charge in [0.2, 0.25) is 0 Å². The normalized spacial score (nSPS) is 18.0. The summed E-state index contributed by atoms with van der Waals surface area (Å²) in [6.07, 6.45) is 0. The van der Waals surface area contributed by atoms with Crippen LogP contribution in [0.3, 0.4) is 0 Å². The highest BCUT2D eigenvalue weighted by molar-refractivity contribution is 6.00. The number of benzene rings is 3. The molecule has 0 saturated heterocycles. The van der Waals surface area contributed by atoms with Gasteiger partial charge in [-0.25, -0.2) is 0 Å². The second-order valence-electron chi connectivity index (χ2n) is 6.82. The summed E-state index contributed by atoms with van der Waals surface area (Å²) >= 11 is 0. The first-order valence-electron chi connectivity index (χ1n) is 9.48. The lowest BCUT2D eigenvalue weighted by Crippen LogP contribution is -2.25. The zero-order valence-electron chi connectivity index (χ0n) is 16.8. The summed E-state index contributed by atoms with van der Waals surface area (Å²) in [5, 5.41) is 3.61. The van der Waals surface area contributed by atoms with Crippen molar-refractivity contribution >= 4 is 5.84 Å². The summed E-state index contributed by atoms with van der Waals surface area (Å²) in [6.45, 7) is 0. The van der Waals surface area contributed by atoms with Crippen LogP contribution in [0.1, 0.15) is 28.8 Å². The van der Waals surface area contributed by atoms with Gasteiger partial charge in [-0.05, 0) is 59.7 Å². The van der Waals surface area contributed by atoms with E-state index in [1.165, 1.54) is 0 Å². The molecular weight excluding hydrogens is 364 g/mol. The molecule has 3 aromatic carbocycles. The molecule has 0 saturated carbocycles. The Kier molecular flexibility index (Phi) is 5.38. The van der Waals surface area contributed by atoms with Gasteiger partial charge in [-0.15, -0.1) is 0 Å². The van der Waals surface area contributed by atoms with Crippen LogP contribution in [0.5, 0.6) is 17.2 Å². The van der Waals surface area contributed by atoms with Crippen LogP contribution in [0, 0.1) is 0 Å². The van der Waals surface area contributed by atoms with Gasteiger partial charge >= 0.3 is 0 Å². The lowest BCUT2D eigenvalue weighted by molar-refractivity contribution is 0.414. The van der Waals surface area contributed by atoms with Crippen LogP contribution in [0.15, 0.2) is 77.8 Å². The molecule has 5 heteroatoms. The second-order valence-corrected chi connectivity index (χ2v) is 6.82. The smallest absolute Gasteiger partial charge is 0.129 e. The van der Waals surface area contributed by atoms with Crippen LogP contribution >= 0.6 is 0 Å². The van der Waals surface area contributed by atoms with E-state index in [0.717, 1.165) is 39.8 Å². The molecule has 0 spiro atoms. The SMILES string of the molecule is COc1ccc(C2=NC(c3ccc(OC)cc3)C(c3ccc(OC)cc3)N2)cc1. The maximum atomic E-state index is 5.31. The van der Waals surface area contributed by atoms with E-state index in [9.17, 15) is 0 Å². The minimum absolute atomic E-state index is 0.0198. The van der Waals surface area contributed by atoms with Crippen molar-refractivity contribution < 1.29 is 14.2 Å². The number of ether oxygens (including phenoxy) is 3. The summed E-state index contributed by atoms with van der Waals surface area (Å²) in [4.78, 5) is 5.03. The fourth-order valence-corrected chi connectivity index (χ4v) is 3.53. The third kappa shape index (κ3) is 3.90. The van der Waals surface area contributed by atoms with E-state index in [1.807, 2.05) is 48.5 Å². The average Bonchev–Trinajstić information content (AvgIpc) is 3.24. The highest BCUT2D eigenvalue weighted by Crippen LogP contribution is 2.38. The Balaban J connectivity index is 1.70. The summed E-state index contributed by atoms with van der Waals surface area (Å²) < 4.78 is 15.9. The fourth-order valence-electron chi connectivity index (χ4n) is 3.53. The third-order valence-corrected chi connectivity index (χ3v) is 5.17. The molecule has 2 unspecified atom stereocenters. The molecule has 0 aliphatic carbocycles. The zero-order chi connectivity index (χ0) is 20.2. The number of amidine groups is 1. The molecule has 148 valence electrons. The van der Waals surface area contributed by atoms with Gasteiger partial charge in [-0.2, -0.15) is 0 Å². The number of nitrogens with zero attached hydrogens (tertiary/aromatic N) is 1. The Bertz CT molecular complexity index is 980. The Morgan fingerprint density at radius 1 is 0.621 bits per heavy atom. The minimum Gasteiger partial charge on any atom is -0.497 e. The molecular formula is C24H24N2O3. The van der Waals surface area contributed by atoms with E-state index >= 15 is 0 Å². The van der Waals surface area contributed by atoms with Crippen molar-refractivity contribution in [3.8, 4) is 17.2 Å². The lowest BCUT2D eigenvalue weighted by atomic mass is 9.94. The highest BCUT2D eigenvalue weighted by atomic mass is 16.5. The highest BCUT2D eigenvalue weighted by Gasteiger charge is 2.31. The lowest BCUT2D eigenvalue weighted by Gasteiger charge is -2.20. The molecule has 0 aromatic heterocycles. The van der Waals surface area contributed by atoms with Crippen molar-refractivity contribution in [3.05, 3.63) is 89.5 Å². The molecule has 1 heterocycles. The zero-order valence-corrected chi connectivity index (χ0v) is 16.8. The van der Waals surface area contributed by atoms with Gasteiger partial charge in [0, 0.05) is 5.56 Å². The number of aliphatic imine (C=N–C) groups is 1. The van der Waals surface area contributed by atoms with Gasteiger partial charge in [0.25, 0.3) is 0 Å². The van der Waals surface area contributed by atoms with Crippen LogP contribution in [-0.4, -0.2) is 27.2 Å². The first kappa shape index (κ1) is 18.9. The molecule has 0 fully saturated rings. The van der Waals surface area contributed by atoms with Crippen molar-refractivity contribution in [2.75, 3.05) is 21.3 Å². The largest absolute Gasteiger partial charge is 0.497 e. The molecule has 3 aromatic rings. The first-order chi connectivity index (χ1) is 14.2.